The van der Waals surface area contributed by atoms with Crippen molar-refractivity contribution in [3.8, 4) is 0 Å². The summed E-state index contributed by atoms with van der Waals surface area (Å²) < 4.78 is 25.3. The van der Waals surface area contributed by atoms with Crippen molar-refractivity contribution in [2.45, 2.75) is 24.8 Å². The summed E-state index contributed by atoms with van der Waals surface area (Å²) in [7, 11) is -2.14. The Bertz CT molecular complexity index is 510. The standard InChI is InChI=1S/C11H16N2O4S/c1-3-4-7-13(2)18(16,17)10-6-5-9(8-12-10)11(14)15/h5-6,8H,3-4,7H2,1-2H3,(H,14,15). The molecule has 1 heterocycles. The summed E-state index contributed by atoms with van der Waals surface area (Å²) >= 11 is 0. The van der Waals surface area contributed by atoms with Gasteiger partial charge in [0, 0.05) is 19.8 Å². The van der Waals surface area contributed by atoms with Crippen molar-refractivity contribution in [1.82, 2.24) is 9.29 Å². The Morgan fingerprint density at radius 1 is 1.44 bits per heavy atom. The monoisotopic (exact) mass is 272 g/mol. The van der Waals surface area contributed by atoms with Gasteiger partial charge in [-0.1, -0.05) is 13.3 Å². The van der Waals surface area contributed by atoms with Crippen molar-refractivity contribution in [2.24, 2.45) is 0 Å². The molecule has 6 nitrogen and oxygen atoms in total. The molecule has 100 valence electrons. The molecule has 0 atom stereocenters. The lowest BCUT2D eigenvalue weighted by atomic mass is 10.3. The number of rotatable bonds is 6. The Labute approximate surface area is 106 Å². The van der Waals surface area contributed by atoms with Gasteiger partial charge in [0.05, 0.1) is 5.56 Å². The summed E-state index contributed by atoms with van der Waals surface area (Å²) in [5.74, 6) is -1.13. The summed E-state index contributed by atoms with van der Waals surface area (Å²) in [5, 5.41) is 8.57. The van der Waals surface area contributed by atoms with Crippen molar-refractivity contribution in [1.29, 1.82) is 0 Å². The zero-order valence-corrected chi connectivity index (χ0v) is 11.1. The van der Waals surface area contributed by atoms with Gasteiger partial charge in [0.2, 0.25) is 0 Å². The number of nitrogens with zero attached hydrogens (tertiary/aromatic N) is 2. The smallest absolute Gasteiger partial charge is 0.337 e. The third kappa shape index (κ3) is 3.27. The van der Waals surface area contributed by atoms with E-state index in [9.17, 15) is 13.2 Å². The van der Waals surface area contributed by atoms with E-state index >= 15 is 0 Å². The summed E-state index contributed by atoms with van der Waals surface area (Å²) in [6, 6.07) is 2.44. The predicted octanol–water partition coefficient (Wildman–Crippen LogP) is 1.20. The zero-order valence-electron chi connectivity index (χ0n) is 10.3. The number of carbonyl (C=O) groups is 1. The first-order chi connectivity index (χ1) is 8.39. The highest BCUT2D eigenvalue weighted by molar-refractivity contribution is 7.89. The molecular formula is C11H16N2O4S. The fourth-order valence-electron chi connectivity index (χ4n) is 1.32. The van der Waals surface area contributed by atoms with Crippen LogP contribution in [0.15, 0.2) is 23.4 Å². The maximum atomic E-state index is 12.0. The Hall–Kier alpha value is -1.47. The number of carboxylic acid groups (broad SMARTS) is 1. The third-order valence-electron chi connectivity index (χ3n) is 2.48. The SMILES string of the molecule is CCCCN(C)S(=O)(=O)c1ccc(C(=O)O)cn1. The molecule has 1 N–H and O–H groups in total. The highest BCUT2D eigenvalue weighted by Crippen LogP contribution is 2.12. The summed E-state index contributed by atoms with van der Waals surface area (Å²) in [6.45, 7) is 2.39. The Kier molecular flexibility index (Phi) is 4.80. The molecule has 1 rings (SSSR count). The van der Waals surface area contributed by atoms with Crippen LogP contribution in [-0.4, -0.2) is 42.4 Å². The zero-order chi connectivity index (χ0) is 13.8. The molecule has 1 aromatic rings. The molecule has 0 spiro atoms. The first kappa shape index (κ1) is 14.6. The van der Waals surface area contributed by atoms with Crippen LogP contribution in [0.3, 0.4) is 0 Å². The van der Waals surface area contributed by atoms with Crippen LogP contribution in [0.2, 0.25) is 0 Å². The number of hydrogen-bond acceptors (Lipinski definition) is 4. The van der Waals surface area contributed by atoms with Crippen LogP contribution in [0, 0.1) is 0 Å². The number of sulfonamides is 1. The third-order valence-corrected chi connectivity index (χ3v) is 4.26. The van der Waals surface area contributed by atoms with Crippen molar-refractivity contribution in [3.05, 3.63) is 23.9 Å². The van der Waals surface area contributed by atoms with Crippen LogP contribution in [0.5, 0.6) is 0 Å². The fraction of sp³-hybridized carbons (Fsp3) is 0.455. The molecule has 0 aliphatic heterocycles. The maximum absolute atomic E-state index is 12.0. The van der Waals surface area contributed by atoms with Gasteiger partial charge in [-0.05, 0) is 18.6 Å². The summed E-state index contributed by atoms with van der Waals surface area (Å²) in [4.78, 5) is 14.3. The van der Waals surface area contributed by atoms with Crippen molar-refractivity contribution < 1.29 is 18.3 Å². The molecule has 0 aliphatic rings. The topological polar surface area (TPSA) is 87.6 Å². The molecule has 1 aromatic heterocycles. The molecule has 0 unspecified atom stereocenters. The second kappa shape index (κ2) is 5.92. The quantitative estimate of drug-likeness (QED) is 0.840. The lowest BCUT2D eigenvalue weighted by Crippen LogP contribution is -2.28. The Morgan fingerprint density at radius 2 is 2.11 bits per heavy atom. The molecule has 18 heavy (non-hydrogen) atoms. The van der Waals surface area contributed by atoms with Crippen molar-refractivity contribution in [3.63, 3.8) is 0 Å². The van der Waals surface area contributed by atoms with Gasteiger partial charge in [-0.2, -0.15) is 4.31 Å². The first-order valence-electron chi connectivity index (χ1n) is 5.55. The van der Waals surface area contributed by atoms with Gasteiger partial charge in [0.1, 0.15) is 0 Å². The molecule has 0 bridgehead atoms. The normalized spacial score (nSPS) is 11.7. The van der Waals surface area contributed by atoms with E-state index in [1.165, 1.54) is 23.5 Å². The van der Waals surface area contributed by atoms with Gasteiger partial charge in [-0.15, -0.1) is 0 Å². The minimum atomic E-state index is -3.62. The molecule has 0 aliphatic carbocycles. The number of pyridine rings is 1. The minimum absolute atomic E-state index is 0.0369. The Morgan fingerprint density at radius 3 is 2.56 bits per heavy atom. The molecule has 0 aromatic carbocycles. The lowest BCUT2D eigenvalue weighted by molar-refractivity contribution is 0.0696. The van der Waals surface area contributed by atoms with E-state index in [2.05, 4.69) is 4.98 Å². The van der Waals surface area contributed by atoms with Gasteiger partial charge in [-0.25, -0.2) is 18.2 Å². The molecule has 0 saturated carbocycles. The van der Waals surface area contributed by atoms with E-state index in [0.29, 0.717) is 6.54 Å². The molecule has 0 fully saturated rings. The van der Waals surface area contributed by atoms with Crippen LogP contribution in [0.1, 0.15) is 30.1 Å². The van der Waals surface area contributed by atoms with Crippen LogP contribution >= 0.6 is 0 Å². The van der Waals surface area contributed by atoms with E-state index in [1.54, 1.807) is 0 Å². The molecular weight excluding hydrogens is 256 g/mol. The largest absolute Gasteiger partial charge is 0.478 e. The predicted molar refractivity (Wildman–Crippen MR) is 65.9 cm³/mol. The highest BCUT2D eigenvalue weighted by atomic mass is 32.2. The van der Waals surface area contributed by atoms with Gasteiger partial charge in [-0.3, -0.25) is 0 Å². The molecule has 7 heteroatoms. The van der Waals surface area contributed by atoms with Crippen LogP contribution in [0.4, 0.5) is 0 Å². The van der Waals surface area contributed by atoms with Crippen LogP contribution in [-0.2, 0) is 10.0 Å². The minimum Gasteiger partial charge on any atom is -0.478 e. The van der Waals surface area contributed by atoms with Crippen molar-refractivity contribution >= 4 is 16.0 Å². The summed E-state index contributed by atoms with van der Waals surface area (Å²) in [5.41, 5.74) is -0.0369. The first-order valence-corrected chi connectivity index (χ1v) is 6.99. The fourth-order valence-corrected chi connectivity index (χ4v) is 2.43. The number of hydrogen-bond donors (Lipinski definition) is 1. The second-order valence-corrected chi connectivity index (χ2v) is 5.86. The number of unbranched alkanes of at least 4 members (excludes halogenated alkanes) is 1. The van der Waals surface area contributed by atoms with E-state index in [4.69, 9.17) is 5.11 Å². The number of aromatic nitrogens is 1. The summed E-state index contributed by atoms with van der Waals surface area (Å²) in [6.07, 6.45) is 2.71. The van der Waals surface area contributed by atoms with Gasteiger partial charge < -0.3 is 5.11 Å². The molecule has 0 radical (unpaired) electrons. The van der Waals surface area contributed by atoms with E-state index in [-0.39, 0.29) is 10.6 Å². The lowest BCUT2D eigenvalue weighted by Gasteiger charge is -2.15. The highest BCUT2D eigenvalue weighted by Gasteiger charge is 2.21. The maximum Gasteiger partial charge on any atom is 0.337 e. The van der Waals surface area contributed by atoms with Gasteiger partial charge in [0.15, 0.2) is 5.03 Å². The Balaban J connectivity index is 2.94. The van der Waals surface area contributed by atoms with Crippen LogP contribution in [0.25, 0.3) is 0 Å². The average molecular weight is 272 g/mol. The number of carboxylic acids is 1. The van der Waals surface area contributed by atoms with Gasteiger partial charge >= 0.3 is 5.97 Å². The van der Waals surface area contributed by atoms with Crippen molar-refractivity contribution in [2.75, 3.05) is 13.6 Å². The second-order valence-electron chi connectivity index (χ2n) is 3.87. The van der Waals surface area contributed by atoms with Crippen LogP contribution < -0.4 is 0 Å². The molecule has 0 amide bonds. The van der Waals surface area contributed by atoms with E-state index in [0.717, 1.165) is 19.0 Å². The molecule has 0 saturated heterocycles. The average Bonchev–Trinajstić information content (AvgIpc) is 2.35. The van der Waals surface area contributed by atoms with Gasteiger partial charge in [0.25, 0.3) is 10.0 Å². The number of aromatic carboxylic acids is 1. The van der Waals surface area contributed by atoms with E-state index in [1.807, 2.05) is 6.92 Å². The van der Waals surface area contributed by atoms with E-state index < -0.39 is 16.0 Å².